The van der Waals surface area contributed by atoms with Crippen molar-refractivity contribution in [1.29, 1.82) is 0 Å². The van der Waals surface area contributed by atoms with Crippen molar-refractivity contribution in [3.05, 3.63) is 35.9 Å². The number of aliphatic hydroxyl groups excluding tert-OH is 1. The molecule has 0 radical (unpaired) electrons. The Morgan fingerprint density at radius 3 is 2.50 bits per heavy atom. The highest BCUT2D eigenvalue weighted by molar-refractivity contribution is 5.14. The molecule has 1 saturated carbocycles. The van der Waals surface area contributed by atoms with E-state index in [0.717, 1.165) is 19.1 Å². The predicted octanol–water partition coefficient (Wildman–Crippen LogP) is 1.64. The lowest BCUT2D eigenvalue weighted by Crippen LogP contribution is -2.28. The van der Waals surface area contributed by atoms with Crippen molar-refractivity contribution in [3.8, 4) is 0 Å². The quantitative estimate of drug-likeness (QED) is 0.765. The third-order valence-electron chi connectivity index (χ3n) is 2.68. The molecule has 1 aromatic rings. The van der Waals surface area contributed by atoms with E-state index in [1.54, 1.807) is 0 Å². The first kappa shape index (κ1) is 9.69. The number of hydrogen-bond donors (Lipinski definition) is 1. The Kier molecular flexibility index (Phi) is 3.17. The van der Waals surface area contributed by atoms with Gasteiger partial charge in [-0.15, -0.1) is 0 Å². The third kappa shape index (κ3) is 2.56. The third-order valence-corrected chi connectivity index (χ3v) is 2.68. The summed E-state index contributed by atoms with van der Waals surface area (Å²) in [6.07, 6.45) is 2.60. The van der Waals surface area contributed by atoms with Crippen molar-refractivity contribution in [1.82, 2.24) is 4.90 Å². The van der Waals surface area contributed by atoms with Crippen LogP contribution in [0, 0.1) is 0 Å². The molecule has 2 rings (SSSR count). The number of hydrogen-bond acceptors (Lipinski definition) is 2. The summed E-state index contributed by atoms with van der Waals surface area (Å²) in [5, 5.41) is 8.95. The first-order valence-electron chi connectivity index (χ1n) is 5.29. The smallest absolute Gasteiger partial charge is 0.0558 e. The lowest BCUT2D eigenvalue weighted by Gasteiger charge is -2.20. The monoisotopic (exact) mass is 191 g/mol. The molecular weight excluding hydrogens is 174 g/mol. The maximum atomic E-state index is 8.95. The van der Waals surface area contributed by atoms with Crippen LogP contribution in [0.1, 0.15) is 18.4 Å². The second kappa shape index (κ2) is 4.58. The molecular formula is C12H17NO. The van der Waals surface area contributed by atoms with Crippen molar-refractivity contribution in [2.75, 3.05) is 13.2 Å². The molecule has 0 amide bonds. The zero-order chi connectivity index (χ0) is 9.80. The first-order chi connectivity index (χ1) is 6.90. The van der Waals surface area contributed by atoms with Crippen LogP contribution in [0.3, 0.4) is 0 Å². The van der Waals surface area contributed by atoms with Gasteiger partial charge in [0.2, 0.25) is 0 Å². The summed E-state index contributed by atoms with van der Waals surface area (Å²) in [5.74, 6) is 0. The molecule has 2 heteroatoms. The van der Waals surface area contributed by atoms with E-state index < -0.39 is 0 Å². The van der Waals surface area contributed by atoms with Gasteiger partial charge < -0.3 is 5.11 Å². The summed E-state index contributed by atoms with van der Waals surface area (Å²) in [6.45, 7) is 2.05. The van der Waals surface area contributed by atoms with Crippen LogP contribution >= 0.6 is 0 Å². The molecule has 1 fully saturated rings. The Bertz CT molecular complexity index is 269. The van der Waals surface area contributed by atoms with E-state index in [1.165, 1.54) is 18.4 Å². The summed E-state index contributed by atoms with van der Waals surface area (Å²) in [6, 6.07) is 11.2. The van der Waals surface area contributed by atoms with Crippen molar-refractivity contribution >= 4 is 0 Å². The van der Waals surface area contributed by atoms with E-state index in [9.17, 15) is 0 Å². The molecule has 2 nitrogen and oxygen atoms in total. The summed E-state index contributed by atoms with van der Waals surface area (Å²) >= 11 is 0. The molecule has 14 heavy (non-hydrogen) atoms. The molecule has 1 N–H and O–H groups in total. The van der Waals surface area contributed by atoms with Gasteiger partial charge in [-0.2, -0.15) is 0 Å². The highest BCUT2D eigenvalue weighted by atomic mass is 16.3. The standard InChI is InChI=1S/C12H17NO/c14-9-8-13(12-6-7-12)10-11-4-2-1-3-5-11/h1-5,12,14H,6-10H2. The minimum Gasteiger partial charge on any atom is -0.395 e. The average molecular weight is 191 g/mol. The van der Waals surface area contributed by atoms with Crippen molar-refractivity contribution in [3.63, 3.8) is 0 Å². The maximum absolute atomic E-state index is 8.95. The van der Waals surface area contributed by atoms with Crippen LogP contribution in [0.2, 0.25) is 0 Å². The number of rotatable bonds is 5. The van der Waals surface area contributed by atoms with Gasteiger partial charge in [0.05, 0.1) is 6.61 Å². The second-order valence-corrected chi connectivity index (χ2v) is 3.91. The van der Waals surface area contributed by atoms with E-state index in [0.29, 0.717) is 0 Å². The lowest BCUT2D eigenvalue weighted by atomic mass is 10.2. The fourth-order valence-electron chi connectivity index (χ4n) is 1.78. The van der Waals surface area contributed by atoms with Gasteiger partial charge in [-0.1, -0.05) is 30.3 Å². The van der Waals surface area contributed by atoms with Crippen LogP contribution in [0.15, 0.2) is 30.3 Å². The van der Waals surface area contributed by atoms with Gasteiger partial charge in [-0.25, -0.2) is 0 Å². The Labute approximate surface area is 85.2 Å². The minimum atomic E-state index is 0.267. The zero-order valence-corrected chi connectivity index (χ0v) is 8.39. The fourth-order valence-corrected chi connectivity index (χ4v) is 1.78. The van der Waals surface area contributed by atoms with Gasteiger partial charge in [0.15, 0.2) is 0 Å². The van der Waals surface area contributed by atoms with Gasteiger partial charge in [0.25, 0.3) is 0 Å². The Morgan fingerprint density at radius 2 is 1.93 bits per heavy atom. The van der Waals surface area contributed by atoms with Crippen LogP contribution in [0.5, 0.6) is 0 Å². The second-order valence-electron chi connectivity index (χ2n) is 3.91. The van der Waals surface area contributed by atoms with Gasteiger partial charge in [-0.05, 0) is 18.4 Å². The molecule has 0 bridgehead atoms. The molecule has 1 aliphatic rings. The van der Waals surface area contributed by atoms with Crippen LogP contribution in [0.4, 0.5) is 0 Å². The lowest BCUT2D eigenvalue weighted by molar-refractivity contribution is 0.183. The van der Waals surface area contributed by atoms with E-state index in [-0.39, 0.29) is 6.61 Å². The summed E-state index contributed by atoms with van der Waals surface area (Å²) in [7, 11) is 0. The topological polar surface area (TPSA) is 23.5 Å². The highest BCUT2D eigenvalue weighted by Gasteiger charge is 2.28. The minimum absolute atomic E-state index is 0.267. The number of nitrogens with zero attached hydrogens (tertiary/aromatic N) is 1. The molecule has 1 aliphatic carbocycles. The van der Waals surface area contributed by atoms with Crippen LogP contribution in [-0.2, 0) is 6.54 Å². The Morgan fingerprint density at radius 1 is 1.21 bits per heavy atom. The van der Waals surface area contributed by atoms with E-state index in [4.69, 9.17) is 5.11 Å². The van der Waals surface area contributed by atoms with Gasteiger partial charge in [0, 0.05) is 19.1 Å². The van der Waals surface area contributed by atoms with E-state index in [2.05, 4.69) is 29.2 Å². The summed E-state index contributed by atoms with van der Waals surface area (Å²) in [4.78, 5) is 2.37. The molecule has 0 aromatic heterocycles. The van der Waals surface area contributed by atoms with Gasteiger partial charge >= 0.3 is 0 Å². The maximum Gasteiger partial charge on any atom is 0.0558 e. The zero-order valence-electron chi connectivity index (χ0n) is 8.39. The molecule has 76 valence electrons. The van der Waals surface area contributed by atoms with Crippen LogP contribution in [0.25, 0.3) is 0 Å². The van der Waals surface area contributed by atoms with Crippen molar-refractivity contribution in [2.45, 2.75) is 25.4 Å². The van der Waals surface area contributed by atoms with Gasteiger partial charge in [0.1, 0.15) is 0 Å². The van der Waals surface area contributed by atoms with Gasteiger partial charge in [-0.3, -0.25) is 4.90 Å². The van der Waals surface area contributed by atoms with Crippen LogP contribution < -0.4 is 0 Å². The largest absolute Gasteiger partial charge is 0.395 e. The van der Waals surface area contributed by atoms with Crippen molar-refractivity contribution < 1.29 is 5.11 Å². The number of aliphatic hydroxyl groups is 1. The Balaban J connectivity index is 1.93. The molecule has 0 unspecified atom stereocenters. The normalized spacial score (nSPS) is 16.1. The predicted molar refractivity (Wildman–Crippen MR) is 57.0 cm³/mol. The Hall–Kier alpha value is -0.860. The first-order valence-corrected chi connectivity index (χ1v) is 5.29. The molecule has 0 aliphatic heterocycles. The summed E-state index contributed by atoms with van der Waals surface area (Å²) < 4.78 is 0. The molecule has 0 saturated heterocycles. The fraction of sp³-hybridized carbons (Fsp3) is 0.500. The van der Waals surface area contributed by atoms with Crippen molar-refractivity contribution in [2.24, 2.45) is 0 Å². The van der Waals surface area contributed by atoms with E-state index in [1.807, 2.05) is 6.07 Å². The van der Waals surface area contributed by atoms with Crippen LogP contribution in [-0.4, -0.2) is 29.2 Å². The number of benzene rings is 1. The highest BCUT2D eigenvalue weighted by Crippen LogP contribution is 2.27. The molecule has 1 aromatic carbocycles. The molecule has 0 spiro atoms. The van der Waals surface area contributed by atoms with E-state index >= 15 is 0 Å². The SMILES string of the molecule is OCCN(Cc1ccccc1)C1CC1. The molecule has 0 heterocycles. The summed E-state index contributed by atoms with van der Waals surface area (Å²) in [5.41, 5.74) is 1.34. The molecule has 0 atom stereocenters. The average Bonchev–Trinajstić information content (AvgIpc) is 3.02.